The Morgan fingerprint density at radius 3 is 2.91 bits per heavy atom. The molecule has 3 heterocycles. The summed E-state index contributed by atoms with van der Waals surface area (Å²) < 4.78 is 29.9. The average Bonchev–Trinajstić information content (AvgIpc) is 3.35. The number of hydrogen-bond acceptors (Lipinski definition) is 4. The second kappa shape index (κ2) is 7.22. The molecule has 160 valence electrons. The number of aryl methyl sites for hydroxylation is 1. The van der Waals surface area contributed by atoms with Gasteiger partial charge in [0.25, 0.3) is 0 Å². The predicted octanol–water partition coefficient (Wildman–Crippen LogP) is 5.35. The molecule has 6 rings (SSSR count). The predicted molar refractivity (Wildman–Crippen MR) is 119 cm³/mol. The van der Waals surface area contributed by atoms with Gasteiger partial charge in [-0.15, -0.1) is 0 Å². The summed E-state index contributed by atoms with van der Waals surface area (Å²) in [5, 5.41) is 8.13. The van der Waals surface area contributed by atoms with Crippen LogP contribution >= 0.6 is 0 Å². The lowest BCUT2D eigenvalue weighted by Crippen LogP contribution is -2.24. The Labute approximate surface area is 183 Å². The Balaban J connectivity index is 1.36. The molecule has 1 aromatic carbocycles. The largest absolute Gasteiger partial charge is 0.367 e. The van der Waals surface area contributed by atoms with Crippen LogP contribution < -0.4 is 5.32 Å². The zero-order valence-corrected chi connectivity index (χ0v) is 17.6. The van der Waals surface area contributed by atoms with E-state index in [-0.39, 0.29) is 11.9 Å². The van der Waals surface area contributed by atoms with Gasteiger partial charge in [-0.3, -0.25) is 4.98 Å². The highest BCUT2D eigenvalue weighted by Crippen LogP contribution is 2.43. The number of anilines is 1. The first-order chi connectivity index (χ1) is 15.6. The van der Waals surface area contributed by atoms with Crippen LogP contribution in [0.25, 0.3) is 22.5 Å². The van der Waals surface area contributed by atoms with Crippen molar-refractivity contribution >= 4 is 17.0 Å². The van der Waals surface area contributed by atoms with Crippen LogP contribution in [0.15, 0.2) is 54.5 Å². The van der Waals surface area contributed by atoms with Gasteiger partial charge in [-0.2, -0.15) is 9.61 Å². The number of allylic oxidation sites excluding steroid dienone is 1. The third kappa shape index (κ3) is 3.07. The Bertz CT molecular complexity index is 1400. The van der Waals surface area contributed by atoms with Gasteiger partial charge in [0.05, 0.1) is 18.1 Å². The maximum absolute atomic E-state index is 14.3. The molecule has 4 aromatic rings. The molecule has 0 fully saturated rings. The Hall–Kier alpha value is -3.61. The summed E-state index contributed by atoms with van der Waals surface area (Å²) in [7, 11) is 0. The fourth-order valence-electron chi connectivity index (χ4n) is 4.93. The molecule has 2 aliphatic rings. The molecule has 3 aromatic heterocycles. The van der Waals surface area contributed by atoms with Gasteiger partial charge in [-0.25, -0.2) is 13.8 Å². The molecule has 0 bridgehead atoms. The Morgan fingerprint density at radius 1 is 1.12 bits per heavy atom. The van der Waals surface area contributed by atoms with Crippen molar-refractivity contribution in [3.63, 3.8) is 0 Å². The van der Waals surface area contributed by atoms with Gasteiger partial charge < -0.3 is 5.32 Å². The van der Waals surface area contributed by atoms with Gasteiger partial charge in [0.1, 0.15) is 17.5 Å². The highest BCUT2D eigenvalue weighted by Gasteiger charge is 2.30. The number of nitrogens with zero attached hydrogens (tertiary/aromatic N) is 4. The van der Waals surface area contributed by atoms with E-state index in [1.165, 1.54) is 23.4 Å². The Kier molecular flexibility index (Phi) is 4.31. The first-order valence-electron chi connectivity index (χ1n) is 10.8. The van der Waals surface area contributed by atoms with Gasteiger partial charge >= 0.3 is 0 Å². The van der Waals surface area contributed by atoms with Crippen molar-refractivity contribution in [3.05, 3.63) is 82.8 Å². The number of benzene rings is 1. The molecular weight excluding hydrogens is 408 g/mol. The van der Waals surface area contributed by atoms with Crippen molar-refractivity contribution in [1.82, 2.24) is 19.6 Å². The maximum atomic E-state index is 14.3. The molecular formula is C25H21F2N5. The minimum Gasteiger partial charge on any atom is -0.367 e. The molecule has 7 heteroatoms. The summed E-state index contributed by atoms with van der Waals surface area (Å²) in [5.41, 5.74) is 7.40. The van der Waals surface area contributed by atoms with E-state index in [1.807, 2.05) is 19.1 Å². The van der Waals surface area contributed by atoms with Gasteiger partial charge in [-0.05, 0) is 61.4 Å². The van der Waals surface area contributed by atoms with Crippen LogP contribution in [-0.4, -0.2) is 25.6 Å². The van der Waals surface area contributed by atoms with E-state index in [2.05, 4.69) is 15.4 Å². The van der Waals surface area contributed by atoms with Crippen LogP contribution in [0.4, 0.5) is 14.6 Å². The van der Waals surface area contributed by atoms with Crippen LogP contribution in [0, 0.1) is 18.6 Å². The van der Waals surface area contributed by atoms with E-state index >= 15 is 0 Å². The summed E-state index contributed by atoms with van der Waals surface area (Å²) in [6.07, 6.45) is 8.01. The summed E-state index contributed by atoms with van der Waals surface area (Å²) in [5.74, 6) is 0.286. The number of aromatic nitrogens is 4. The van der Waals surface area contributed by atoms with Crippen molar-refractivity contribution in [3.8, 4) is 11.3 Å². The third-order valence-corrected chi connectivity index (χ3v) is 6.51. The van der Waals surface area contributed by atoms with Crippen LogP contribution in [0.5, 0.6) is 0 Å². The molecule has 1 N–H and O–H groups in total. The Morgan fingerprint density at radius 2 is 2.03 bits per heavy atom. The van der Waals surface area contributed by atoms with E-state index < -0.39 is 5.82 Å². The highest BCUT2D eigenvalue weighted by atomic mass is 19.1. The number of fused-ring (bicyclic) bond motifs is 3. The second-order valence-electron chi connectivity index (χ2n) is 8.59. The lowest BCUT2D eigenvalue weighted by atomic mass is 9.88. The minimum atomic E-state index is -0.400. The minimum absolute atomic E-state index is 0.113. The van der Waals surface area contributed by atoms with Crippen LogP contribution in [0.1, 0.15) is 36.0 Å². The average molecular weight is 429 g/mol. The summed E-state index contributed by atoms with van der Waals surface area (Å²) in [6.45, 7) is 1.95. The number of pyridine rings is 1. The molecule has 1 atom stereocenters. The van der Waals surface area contributed by atoms with Crippen molar-refractivity contribution in [2.45, 2.75) is 38.6 Å². The molecule has 0 amide bonds. The molecule has 32 heavy (non-hydrogen) atoms. The van der Waals surface area contributed by atoms with Crippen molar-refractivity contribution in [2.75, 3.05) is 5.32 Å². The van der Waals surface area contributed by atoms with Gasteiger partial charge in [0.15, 0.2) is 5.65 Å². The van der Waals surface area contributed by atoms with E-state index in [4.69, 9.17) is 4.98 Å². The lowest BCUT2D eigenvalue weighted by molar-refractivity contribution is 0.609. The van der Waals surface area contributed by atoms with Gasteiger partial charge in [0, 0.05) is 29.4 Å². The summed E-state index contributed by atoms with van der Waals surface area (Å²) in [4.78, 5) is 8.66. The van der Waals surface area contributed by atoms with Crippen molar-refractivity contribution < 1.29 is 8.78 Å². The van der Waals surface area contributed by atoms with Crippen molar-refractivity contribution in [1.29, 1.82) is 0 Å². The third-order valence-electron chi connectivity index (χ3n) is 6.51. The van der Waals surface area contributed by atoms with E-state index in [1.54, 1.807) is 29.0 Å². The van der Waals surface area contributed by atoms with Crippen LogP contribution in [0.2, 0.25) is 0 Å². The molecule has 0 radical (unpaired) electrons. The highest BCUT2D eigenvalue weighted by molar-refractivity contribution is 5.78. The monoisotopic (exact) mass is 429 g/mol. The number of hydrogen-bond donors (Lipinski definition) is 1. The molecule has 0 saturated carbocycles. The SMILES string of the molecule is Cc1cnn2c(N[C@@H]3CCC4=C(C3)c3cccc(F)c3C4)cc(-c3cncc(F)c3)nc12. The van der Waals surface area contributed by atoms with E-state index in [0.717, 1.165) is 53.8 Å². The summed E-state index contributed by atoms with van der Waals surface area (Å²) >= 11 is 0. The van der Waals surface area contributed by atoms with Crippen LogP contribution in [-0.2, 0) is 6.42 Å². The topological polar surface area (TPSA) is 55.1 Å². The molecule has 2 aliphatic carbocycles. The normalized spacial score (nSPS) is 17.5. The number of nitrogens with one attached hydrogen (secondary N) is 1. The fourth-order valence-corrected chi connectivity index (χ4v) is 4.93. The number of halogens is 2. The molecule has 0 unspecified atom stereocenters. The van der Waals surface area contributed by atoms with E-state index in [0.29, 0.717) is 11.3 Å². The molecule has 0 saturated heterocycles. The zero-order valence-electron chi connectivity index (χ0n) is 17.6. The fraction of sp³-hybridized carbons (Fsp3) is 0.240. The smallest absolute Gasteiger partial charge is 0.160 e. The number of rotatable bonds is 3. The van der Waals surface area contributed by atoms with E-state index in [9.17, 15) is 8.78 Å². The molecule has 5 nitrogen and oxygen atoms in total. The first-order valence-corrected chi connectivity index (χ1v) is 10.8. The quantitative estimate of drug-likeness (QED) is 0.477. The second-order valence-corrected chi connectivity index (χ2v) is 8.59. The lowest BCUT2D eigenvalue weighted by Gasteiger charge is -2.26. The van der Waals surface area contributed by atoms with Gasteiger partial charge in [0.2, 0.25) is 0 Å². The summed E-state index contributed by atoms with van der Waals surface area (Å²) in [6, 6.07) is 8.87. The zero-order chi connectivity index (χ0) is 21.8. The van der Waals surface area contributed by atoms with Crippen LogP contribution in [0.3, 0.4) is 0 Å². The van der Waals surface area contributed by atoms with Gasteiger partial charge in [-0.1, -0.05) is 17.7 Å². The first kappa shape index (κ1) is 19.1. The molecule has 0 spiro atoms. The van der Waals surface area contributed by atoms with Crippen molar-refractivity contribution in [2.24, 2.45) is 0 Å². The standard InChI is InChI=1S/C25H21F2N5/c1-14-11-29-32-24(10-23(31-25(14)32)16-7-17(26)13-28-12-16)30-18-6-5-15-8-21-19(20(15)9-18)3-2-4-22(21)27/h2-4,7,10-13,18,30H,5-6,8-9H2,1H3/t18-/m1/s1. The maximum Gasteiger partial charge on any atom is 0.160 e. The molecule has 0 aliphatic heterocycles.